The maximum Gasteiger partial charge on any atom is 0.168 e. The Labute approximate surface area is 102 Å². The Morgan fingerprint density at radius 1 is 1.11 bits per heavy atom. The smallest absolute Gasteiger partial charge is 0.168 e. The highest BCUT2D eigenvalue weighted by Gasteiger charge is 2.05. The van der Waals surface area contributed by atoms with Crippen LogP contribution in [-0.4, -0.2) is 20.7 Å². The lowest BCUT2D eigenvalue weighted by Crippen LogP contribution is -1.94. The van der Waals surface area contributed by atoms with Gasteiger partial charge in [0.05, 0.1) is 18.1 Å². The summed E-state index contributed by atoms with van der Waals surface area (Å²) < 4.78 is 14.5. The number of nitrogens with zero attached hydrogens (tertiary/aromatic N) is 3. The molecule has 18 heavy (non-hydrogen) atoms. The van der Waals surface area contributed by atoms with Crippen LogP contribution >= 0.6 is 0 Å². The van der Waals surface area contributed by atoms with Crippen LogP contribution in [0.4, 0.5) is 4.39 Å². The van der Waals surface area contributed by atoms with Crippen molar-refractivity contribution >= 4 is 11.9 Å². The first kappa shape index (κ1) is 10.6. The third-order valence-electron chi connectivity index (χ3n) is 2.69. The number of halogens is 1. The summed E-state index contributed by atoms with van der Waals surface area (Å²) in [4.78, 5) is 19.1. The van der Waals surface area contributed by atoms with Crippen LogP contribution in [0, 0.1) is 5.82 Å². The first-order chi connectivity index (χ1) is 8.78. The molecule has 0 amide bonds. The first-order valence-electron chi connectivity index (χ1n) is 5.32. The lowest BCUT2D eigenvalue weighted by Gasteiger charge is -2.02. The van der Waals surface area contributed by atoms with Crippen molar-refractivity contribution in [3.05, 3.63) is 54.4 Å². The second-order valence-electron chi connectivity index (χ2n) is 3.81. The molecule has 1 aromatic carbocycles. The van der Waals surface area contributed by atoms with Crippen molar-refractivity contribution in [2.24, 2.45) is 0 Å². The van der Waals surface area contributed by atoms with Crippen molar-refractivity contribution in [1.29, 1.82) is 0 Å². The van der Waals surface area contributed by atoms with E-state index in [1.165, 1.54) is 18.3 Å². The Hall–Kier alpha value is -2.56. The van der Waals surface area contributed by atoms with Crippen molar-refractivity contribution in [2.75, 3.05) is 0 Å². The van der Waals surface area contributed by atoms with E-state index in [-0.39, 0.29) is 5.82 Å². The normalized spacial score (nSPS) is 10.7. The molecule has 2 aromatic heterocycles. The summed E-state index contributed by atoms with van der Waals surface area (Å²) in [6.07, 6.45) is 5.50. The van der Waals surface area contributed by atoms with E-state index < -0.39 is 0 Å². The summed E-state index contributed by atoms with van der Waals surface area (Å²) in [6.45, 7) is 0. The molecule has 4 nitrogen and oxygen atoms in total. The van der Waals surface area contributed by atoms with Gasteiger partial charge in [-0.3, -0.25) is 14.2 Å². The minimum atomic E-state index is -0.295. The second kappa shape index (κ2) is 4.03. The lowest BCUT2D eigenvalue weighted by atomic mass is 10.1. The van der Waals surface area contributed by atoms with Gasteiger partial charge in [-0.05, 0) is 24.3 Å². The molecule has 0 spiro atoms. The highest BCUT2D eigenvalue weighted by Crippen LogP contribution is 2.18. The minimum Gasteiger partial charge on any atom is -0.296 e. The van der Waals surface area contributed by atoms with Crippen molar-refractivity contribution in [2.45, 2.75) is 0 Å². The molecule has 0 fully saturated rings. The molecule has 0 saturated carbocycles. The van der Waals surface area contributed by atoms with Crippen LogP contribution in [0.5, 0.6) is 0 Å². The minimum absolute atomic E-state index is 0.295. The Kier molecular flexibility index (Phi) is 2.37. The quantitative estimate of drug-likeness (QED) is 0.647. The average Bonchev–Trinajstić information content (AvgIpc) is 2.81. The van der Waals surface area contributed by atoms with Crippen molar-refractivity contribution in [1.82, 2.24) is 14.4 Å². The Balaban J connectivity index is 2.17. The largest absolute Gasteiger partial charge is 0.296 e. The van der Waals surface area contributed by atoms with E-state index in [1.807, 2.05) is 0 Å². The number of aldehydes is 1. The van der Waals surface area contributed by atoms with Crippen LogP contribution in [0.15, 0.2) is 42.9 Å². The van der Waals surface area contributed by atoms with Gasteiger partial charge < -0.3 is 0 Å². The van der Waals surface area contributed by atoms with E-state index in [9.17, 15) is 9.18 Å². The molecule has 0 atom stereocenters. The fourth-order valence-corrected chi connectivity index (χ4v) is 1.76. The van der Waals surface area contributed by atoms with E-state index >= 15 is 0 Å². The molecule has 2 heterocycles. The van der Waals surface area contributed by atoms with E-state index in [1.54, 1.807) is 28.9 Å². The number of fused-ring (bicyclic) bond motifs is 1. The summed E-state index contributed by atoms with van der Waals surface area (Å²) in [5.41, 5.74) is 2.49. The van der Waals surface area contributed by atoms with Gasteiger partial charge in [-0.25, -0.2) is 9.37 Å². The molecule has 0 N–H and O–H groups in total. The molecular weight excluding hydrogens is 233 g/mol. The van der Waals surface area contributed by atoms with E-state index in [0.717, 1.165) is 11.8 Å². The molecule has 0 saturated heterocycles. The number of benzene rings is 1. The van der Waals surface area contributed by atoms with E-state index in [0.29, 0.717) is 17.0 Å². The van der Waals surface area contributed by atoms with E-state index in [2.05, 4.69) is 9.97 Å². The van der Waals surface area contributed by atoms with Crippen LogP contribution in [-0.2, 0) is 0 Å². The maximum absolute atomic E-state index is 12.8. The van der Waals surface area contributed by atoms with Gasteiger partial charge >= 0.3 is 0 Å². The standard InChI is InChI=1S/C13H8FN3O/c14-10-3-1-9(2-4-10)12-7-17-11(8-18)5-16-13(17)6-15-12/h1-8H. The number of carbonyl (C=O) groups excluding carboxylic acids is 1. The monoisotopic (exact) mass is 241 g/mol. The molecule has 0 bridgehead atoms. The van der Waals surface area contributed by atoms with Crippen LogP contribution < -0.4 is 0 Å². The zero-order chi connectivity index (χ0) is 12.5. The third kappa shape index (κ3) is 1.66. The first-order valence-corrected chi connectivity index (χ1v) is 5.32. The zero-order valence-electron chi connectivity index (χ0n) is 9.25. The Morgan fingerprint density at radius 3 is 2.61 bits per heavy atom. The molecule has 3 rings (SSSR count). The number of hydrogen-bond donors (Lipinski definition) is 0. The molecule has 5 heteroatoms. The third-order valence-corrected chi connectivity index (χ3v) is 2.69. The van der Waals surface area contributed by atoms with Gasteiger partial charge in [-0.2, -0.15) is 0 Å². The van der Waals surface area contributed by atoms with Gasteiger partial charge in [0.1, 0.15) is 11.5 Å². The van der Waals surface area contributed by atoms with Crippen molar-refractivity contribution < 1.29 is 9.18 Å². The molecule has 0 aliphatic carbocycles. The number of rotatable bonds is 2. The maximum atomic E-state index is 12.8. The van der Waals surface area contributed by atoms with Gasteiger partial charge in [-0.15, -0.1) is 0 Å². The molecule has 0 aliphatic heterocycles. The molecule has 88 valence electrons. The fraction of sp³-hybridized carbons (Fsp3) is 0. The number of hydrogen-bond acceptors (Lipinski definition) is 3. The highest BCUT2D eigenvalue weighted by atomic mass is 19.1. The number of aromatic nitrogens is 3. The number of carbonyl (C=O) groups is 1. The molecule has 0 aliphatic rings. The second-order valence-corrected chi connectivity index (χ2v) is 3.81. The lowest BCUT2D eigenvalue weighted by molar-refractivity contribution is 0.111. The molecular formula is C13H8FN3O. The molecule has 0 unspecified atom stereocenters. The van der Waals surface area contributed by atoms with Gasteiger partial charge in [-0.1, -0.05) is 0 Å². The van der Waals surface area contributed by atoms with Gasteiger partial charge in [0, 0.05) is 11.8 Å². The topological polar surface area (TPSA) is 47.3 Å². The van der Waals surface area contributed by atoms with Gasteiger partial charge in [0.25, 0.3) is 0 Å². The Bertz CT molecular complexity index is 719. The number of imidazole rings is 1. The van der Waals surface area contributed by atoms with E-state index in [4.69, 9.17) is 0 Å². The van der Waals surface area contributed by atoms with Crippen LogP contribution in [0.3, 0.4) is 0 Å². The molecule has 0 radical (unpaired) electrons. The molecule has 3 aromatic rings. The summed E-state index contributed by atoms with van der Waals surface area (Å²) in [7, 11) is 0. The van der Waals surface area contributed by atoms with Crippen molar-refractivity contribution in [3.8, 4) is 11.3 Å². The Morgan fingerprint density at radius 2 is 1.89 bits per heavy atom. The predicted octanol–water partition coefficient (Wildman–Crippen LogP) is 2.35. The summed E-state index contributed by atoms with van der Waals surface area (Å²) in [5.74, 6) is -0.295. The van der Waals surface area contributed by atoms with Crippen LogP contribution in [0.25, 0.3) is 16.9 Å². The van der Waals surface area contributed by atoms with Crippen molar-refractivity contribution in [3.63, 3.8) is 0 Å². The summed E-state index contributed by atoms with van der Waals surface area (Å²) >= 11 is 0. The predicted molar refractivity (Wildman–Crippen MR) is 63.8 cm³/mol. The van der Waals surface area contributed by atoms with Gasteiger partial charge in [0.2, 0.25) is 0 Å². The van der Waals surface area contributed by atoms with Crippen LogP contribution in [0.2, 0.25) is 0 Å². The van der Waals surface area contributed by atoms with Gasteiger partial charge in [0.15, 0.2) is 11.9 Å². The van der Waals surface area contributed by atoms with Crippen LogP contribution in [0.1, 0.15) is 10.5 Å². The summed E-state index contributed by atoms with van der Waals surface area (Å²) in [6, 6.07) is 6.02. The summed E-state index contributed by atoms with van der Waals surface area (Å²) in [5, 5.41) is 0. The fourth-order valence-electron chi connectivity index (χ4n) is 1.76. The SMILES string of the molecule is O=Cc1cnc2cnc(-c3ccc(F)cc3)cn12. The zero-order valence-corrected chi connectivity index (χ0v) is 9.25. The highest BCUT2D eigenvalue weighted by molar-refractivity contribution is 5.74. The average molecular weight is 241 g/mol.